The first-order chi connectivity index (χ1) is 13.4. The van der Waals surface area contributed by atoms with Crippen LogP contribution >= 0.6 is 0 Å². The van der Waals surface area contributed by atoms with Gasteiger partial charge in [0.1, 0.15) is 0 Å². The van der Waals surface area contributed by atoms with Crippen LogP contribution in [0.3, 0.4) is 0 Å². The van der Waals surface area contributed by atoms with Gasteiger partial charge in [-0.15, -0.1) is 0 Å². The molecule has 8 heteroatoms. The maximum atomic E-state index is 12.5. The summed E-state index contributed by atoms with van der Waals surface area (Å²) in [6, 6.07) is 15.2. The third-order valence-electron chi connectivity index (χ3n) is 4.51. The largest absolute Gasteiger partial charge is 0.322 e. The zero-order valence-electron chi connectivity index (χ0n) is 15.3. The van der Waals surface area contributed by atoms with Crippen LogP contribution in [0.15, 0.2) is 65.7 Å². The van der Waals surface area contributed by atoms with Crippen LogP contribution in [0.1, 0.15) is 28.9 Å². The van der Waals surface area contributed by atoms with Crippen molar-refractivity contribution >= 4 is 21.6 Å². The summed E-state index contributed by atoms with van der Waals surface area (Å²) in [5.74, 6) is -0.312. The van der Waals surface area contributed by atoms with Gasteiger partial charge in [0.2, 0.25) is 10.0 Å². The molecule has 0 bridgehead atoms. The standard InChI is InChI=1S/C20H20N4O3S/c1-14-11-12-21-24(14)18-4-2-3-17(13-18)22-20(25)15-5-9-19(10-6-15)28(26,27)23-16-7-8-16/h2-6,9-13,16,23H,7-8H2,1H3,(H,22,25). The molecule has 3 aromatic rings. The second-order valence-corrected chi connectivity index (χ2v) is 8.52. The number of rotatable bonds is 6. The Labute approximate surface area is 163 Å². The van der Waals surface area contributed by atoms with Crippen molar-refractivity contribution in [1.82, 2.24) is 14.5 Å². The third kappa shape index (κ3) is 3.97. The number of nitrogens with one attached hydrogen (secondary N) is 2. The SMILES string of the molecule is Cc1ccnn1-c1cccc(NC(=O)c2ccc(S(=O)(=O)NC3CC3)cc2)c1. The minimum atomic E-state index is -3.52. The highest BCUT2D eigenvalue weighted by molar-refractivity contribution is 7.89. The van der Waals surface area contributed by atoms with E-state index in [1.807, 2.05) is 31.2 Å². The molecule has 0 unspecified atom stereocenters. The third-order valence-corrected chi connectivity index (χ3v) is 6.04. The molecule has 1 aromatic heterocycles. The molecule has 0 spiro atoms. The molecular weight excluding hydrogens is 376 g/mol. The number of aromatic nitrogens is 2. The lowest BCUT2D eigenvalue weighted by atomic mass is 10.2. The Morgan fingerprint density at radius 3 is 2.50 bits per heavy atom. The molecule has 144 valence electrons. The van der Waals surface area contributed by atoms with Crippen LogP contribution in [-0.4, -0.2) is 30.1 Å². The van der Waals surface area contributed by atoms with Crippen molar-refractivity contribution in [3.8, 4) is 5.69 Å². The highest BCUT2D eigenvalue weighted by atomic mass is 32.2. The fourth-order valence-corrected chi connectivity index (χ4v) is 4.14. The maximum absolute atomic E-state index is 12.5. The van der Waals surface area contributed by atoms with Gasteiger partial charge < -0.3 is 5.32 Å². The smallest absolute Gasteiger partial charge is 0.255 e. The van der Waals surface area contributed by atoms with Crippen LogP contribution < -0.4 is 10.0 Å². The predicted molar refractivity (Wildman–Crippen MR) is 106 cm³/mol. The van der Waals surface area contributed by atoms with Gasteiger partial charge in [-0.25, -0.2) is 17.8 Å². The number of anilines is 1. The van der Waals surface area contributed by atoms with Crippen molar-refractivity contribution in [3.05, 3.63) is 72.1 Å². The molecule has 1 heterocycles. The van der Waals surface area contributed by atoms with Crippen molar-refractivity contribution in [2.24, 2.45) is 0 Å². The van der Waals surface area contributed by atoms with Crippen LogP contribution in [0, 0.1) is 6.92 Å². The van der Waals surface area contributed by atoms with E-state index < -0.39 is 10.0 Å². The summed E-state index contributed by atoms with van der Waals surface area (Å²) in [5, 5.41) is 7.10. The Morgan fingerprint density at radius 2 is 1.86 bits per heavy atom. The van der Waals surface area contributed by atoms with Crippen molar-refractivity contribution in [2.45, 2.75) is 30.7 Å². The van der Waals surface area contributed by atoms with Crippen LogP contribution in [0.2, 0.25) is 0 Å². The highest BCUT2D eigenvalue weighted by Crippen LogP contribution is 2.22. The van der Waals surface area contributed by atoms with Crippen molar-refractivity contribution in [2.75, 3.05) is 5.32 Å². The lowest BCUT2D eigenvalue weighted by Gasteiger charge is -2.10. The van der Waals surface area contributed by atoms with Gasteiger partial charge in [0, 0.05) is 29.2 Å². The van der Waals surface area contributed by atoms with E-state index in [0.717, 1.165) is 24.2 Å². The quantitative estimate of drug-likeness (QED) is 0.670. The molecular formula is C20H20N4O3S. The number of hydrogen-bond donors (Lipinski definition) is 2. The molecule has 4 rings (SSSR count). The van der Waals surface area contributed by atoms with Crippen LogP contribution in [-0.2, 0) is 10.0 Å². The van der Waals surface area contributed by atoms with Gasteiger partial charge in [0.25, 0.3) is 5.91 Å². The fraction of sp³-hybridized carbons (Fsp3) is 0.200. The minimum absolute atomic E-state index is 0.0404. The molecule has 28 heavy (non-hydrogen) atoms. The van der Waals surface area contributed by atoms with Gasteiger partial charge >= 0.3 is 0 Å². The average molecular weight is 396 g/mol. The molecule has 1 fully saturated rings. The number of sulfonamides is 1. The van der Waals surface area contributed by atoms with Gasteiger partial charge in [-0.2, -0.15) is 5.10 Å². The molecule has 2 N–H and O–H groups in total. The minimum Gasteiger partial charge on any atom is -0.322 e. The Bertz CT molecular complexity index is 1120. The monoisotopic (exact) mass is 396 g/mol. The molecule has 0 aliphatic heterocycles. The van der Waals surface area contributed by atoms with E-state index in [-0.39, 0.29) is 16.8 Å². The normalized spacial score (nSPS) is 14.0. The first kappa shape index (κ1) is 18.4. The molecule has 1 aliphatic carbocycles. The van der Waals surface area contributed by atoms with E-state index in [4.69, 9.17) is 0 Å². The average Bonchev–Trinajstić information content (AvgIpc) is 3.38. The number of aryl methyl sites for hydroxylation is 1. The number of amides is 1. The van der Waals surface area contributed by atoms with Gasteiger partial charge in [-0.1, -0.05) is 6.07 Å². The van der Waals surface area contributed by atoms with Crippen LogP contribution in [0.4, 0.5) is 5.69 Å². The lowest BCUT2D eigenvalue weighted by molar-refractivity contribution is 0.102. The molecule has 1 amide bonds. The summed E-state index contributed by atoms with van der Waals surface area (Å²) in [6.07, 6.45) is 3.46. The van der Waals surface area contributed by atoms with Gasteiger partial charge in [0.05, 0.1) is 10.6 Å². The van der Waals surface area contributed by atoms with E-state index in [1.165, 1.54) is 24.3 Å². The number of carbonyl (C=O) groups excluding carboxylic acids is 1. The van der Waals surface area contributed by atoms with Crippen LogP contribution in [0.5, 0.6) is 0 Å². The second-order valence-electron chi connectivity index (χ2n) is 6.81. The van der Waals surface area contributed by atoms with Crippen molar-refractivity contribution in [1.29, 1.82) is 0 Å². The van der Waals surface area contributed by atoms with E-state index in [0.29, 0.717) is 11.3 Å². The molecule has 1 aliphatic rings. The summed E-state index contributed by atoms with van der Waals surface area (Å²) in [6.45, 7) is 1.95. The first-order valence-electron chi connectivity index (χ1n) is 8.97. The summed E-state index contributed by atoms with van der Waals surface area (Å²) in [5.41, 5.74) is 2.84. The van der Waals surface area contributed by atoms with E-state index in [1.54, 1.807) is 16.9 Å². The summed E-state index contributed by atoms with van der Waals surface area (Å²) in [7, 11) is -3.52. The molecule has 0 saturated heterocycles. The van der Waals surface area contributed by atoms with Gasteiger partial charge in [-0.3, -0.25) is 4.79 Å². The summed E-state index contributed by atoms with van der Waals surface area (Å²) < 4.78 is 28.8. The molecule has 7 nitrogen and oxygen atoms in total. The summed E-state index contributed by atoms with van der Waals surface area (Å²) in [4.78, 5) is 12.7. The topological polar surface area (TPSA) is 93.1 Å². The van der Waals surface area contributed by atoms with Crippen molar-refractivity contribution < 1.29 is 13.2 Å². The summed E-state index contributed by atoms with van der Waals surface area (Å²) >= 11 is 0. The molecule has 2 aromatic carbocycles. The zero-order chi connectivity index (χ0) is 19.7. The van der Waals surface area contributed by atoms with Crippen molar-refractivity contribution in [3.63, 3.8) is 0 Å². The van der Waals surface area contributed by atoms with Gasteiger partial charge in [-0.05, 0) is 68.3 Å². The highest BCUT2D eigenvalue weighted by Gasteiger charge is 2.27. The zero-order valence-corrected chi connectivity index (χ0v) is 16.1. The van der Waals surface area contributed by atoms with Gasteiger partial charge in [0.15, 0.2) is 0 Å². The first-order valence-corrected chi connectivity index (χ1v) is 10.5. The Kier molecular flexibility index (Phi) is 4.74. The van der Waals surface area contributed by atoms with E-state index >= 15 is 0 Å². The number of hydrogen-bond acceptors (Lipinski definition) is 4. The number of benzene rings is 2. The van der Waals surface area contributed by atoms with Crippen LogP contribution in [0.25, 0.3) is 5.69 Å². The van der Waals surface area contributed by atoms with E-state index in [2.05, 4.69) is 15.1 Å². The number of nitrogens with zero attached hydrogens (tertiary/aromatic N) is 2. The van der Waals surface area contributed by atoms with E-state index in [9.17, 15) is 13.2 Å². The lowest BCUT2D eigenvalue weighted by Crippen LogP contribution is -2.25. The predicted octanol–water partition coefficient (Wildman–Crippen LogP) is 2.87. The fourth-order valence-electron chi connectivity index (χ4n) is 2.83. The maximum Gasteiger partial charge on any atom is 0.255 e. The molecule has 0 radical (unpaired) electrons. The second kappa shape index (κ2) is 7.21. The Hall–Kier alpha value is -2.97. The Balaban J connectivity index is 1.49. The Morgan fingerprint density at radius 1 is 1.11 bits per heavy atom. The molecule has 1 saturated carbocycles. The molecule has 0 atom stereocenters. The number of carbonyl (C=O) groups is 1.